The lowest BCUT2D eigenvalue weighted by atomic mass is 10.2. The normalized spacial score (nSPS) is 10.6. The molecule has 1 heterocycles. The molecule has 0 aliphatic carbocycles. The van der Waals surface area contributed by atoms with Crippen molar-refractivity contribution in [1.29, 1.82) is 0 Å². The summed E-state index contributed by atoms with van der Waals surface area (Å²) in [7, 11) is 1.52. The second-order valence-corrected chi connectivity index (χ2v) is 6.11. The van der Waals surface area contributed by atoms with E-state index < -0.39 is 0 Å². The second kappa shape index (κ2) is 7.58. The number of hydrogen-bond donors (Lipinski definition) is 1. The van der Waals surface area contributed by atoms with E-state index in [4.69, 9.17) is 16.3 Å². The molecule has 0 saturated heterocycles. The number of halogens is 2. The van der Waals surface area contributed by atoms with Crippen LogP contribution in [0.5, 0.6) is 5.75 Å². The molecule has 0 aliphatic rings. The molecule has 0 fully saturated rings. The van der Waals surface area contributed by atoms with Crippen molar-refractivity contribution in [2.24, 2.45) is 0 Å². The summed E-state index contributed by atoms with van der Waals surface area (Å²) in [6, 6.07) is 9.49. The zero-order valence-corrected chi connectivity index (χ0v) is 15.0. The third-order valence-electron chi connectivity index (χ3n) is 3.93. The molecule has 26 heavy (non-hydrogen) atoms. The van der Waals surface area contributed by atoms with Crippen molar-refractivity contribution in [3.05, 3.63) is 81.1 Å². The van der Waals surface area contributed by atoms with Gasteiger partial charge in [0.05, 0.1) is 12.8 Å². The number of aromatic nitrogens is 2. The van der Waals surface area contributed by atoms with Gasteiger partial charge in [-0.15, -0.1) is 0 Å². The van der Waals surface area contributed by atoms with Gasteiger partial charge in [-0.2, -0.15) is 0 Å². The minimum Gasteiger partial charge on any atom is -0.495 e. The summed E-state index contributed by atoms with van der Waals surface area (Å²) in [4.78, 5) is 16.9. The van der Waals surface area contributed by atoms with Crippen LogP contribution >= 0.6 is 11.6 Å². The van der Waals surface area contributed by atoms with Crippen LogP contribution in [0.2, 0.25) is 5.02 Å². The summed E-state index contributed by atoms with van der Waals surface area (Å²) in [6.07, 6.45) is 3.09. The molecule has 1 N–H and O–H groups in total. The average molecular weight is 374 g/mol. The Morgan fingerprint density at radius 1 is 1.27 bits per heavy atom. The molecule has 0 unspecified atom stereocenters. The first kappa shape index (κ1) is 17.9. The Hall–Kier alpha value is -2.86. The van der Waals surface area contributed by atoms with Crippen LogP contribution in [0.15, 0.2) is 53.6 Å². The van der Waals surface area contributed by atoms with Gasteiger partial charge in [0.15, 0.2) is 5.82 Å². The summed E-state index contributed by atoms with van der Waals surface area (Å²) in [5, 5.41) is 3.55. The summed E-state index contributed by atoms with van der Waals surface area (Å²) >= 11 is 6.13. The molecule has 0 saturated carbocycles. The fourth-order valence-corrected chi connectivity index (χ4v) is 2.66. The molecule has 0 aliphatic heterocycles. The third kappa shape index (κ3) is 3.70. The first-order valence-corrected chi connectivity index (χ1v) is 8.28. The Morgan fingerprint density at radius 3 is 2.69 bits per heavy atom. The highest BCUT2D eigenvalue weighted by molar-refractivity contribution is 6.31. The van der Waals surface area contributed by atoms with Gasteiger partial charge in [-0.05, 0) is 36.2 Å². The zero-order valence-electron chi connectivity index (χ0n) is 14.3. The van der Waals surface area contributed by atoms with E-state index in [1.807, 2.05) is 6.92 Å². The Kier molecular flexibility index (Phi) is 5.23. The Balaban J connectivity index is 1.94. The molecule has 0 atom stereocenters. The van der Waals surface area contributed by atoms with Crippen LogP contribution in [0.3, 0.4) is 0 Å². The first-order valence-electron chi connectivity index (χ1n) is 7.90. The van der Waals surface area contributed by atoms with Crippen molar-refractivity contribution in [3.8, 4) is 11.4 Å². The van der Waals surface area contributed by atoms with Gasteiger partial charge in [0.2, 0.25) is 0 Å². The topological polar surface area (TPSA) is 56.1 Å². The van der Waals surface area contributed by atoms with Gasteiger partial charge in [0.25, 0.3) is 5.56 Å². The van der Waals surface area contributed by atoms with Gasteiger partial charge < -0.3 is 10.1 Å². The fraction of sp³-hybridized carbons (Fsp3) is 0.158. The van der Waals surface area contributed by atoms with Crippen molar-refractivity contribution >= 4 is 17.4 Å². The van der Waals surface area contributed by atoms with Crippen molar-refractivity contribution < 1.29 is 9.13 Å². The highest BCUT2D eigenvalue weighted by Crippen LogP contribution is 2.29. The number of benzene rings is 2. The second-order valence-electron chi connectivity index (χ2n) is 5.70. The fourth-order valence-electron chi connectivity index (χ4n) is 2.51. The monoisotopic (exact) mass is 373 g/mol. The predicted octanol–water partition coefficient (Wildman–Crippen LogP) is 3.95. The number of anilines is 1. The van der Waals surface area contributed by atoms with E-state index in [1.54, 1.807) is 30.5 Å². The van der Waals surface area contributed by atoms with Crippen LogP contribution in [0.4, 0.5) is 10.2 Å². The third-order valence-corrected chi connectivity index (χ3v) is 4.34. The lowest BCUT2D eigenvalue weighted by molar-refractivity contribution is 0.412. The van der Waals surface area contributed by atoms with E-state index in [-0.39, 0.29) is 17.2 Å². The van der Waals surface area contributed by atoms with Gasteiger partial charge in [-0.1, -0.05) is 23.7 Å². The van der Waals surface area contributed by atoms with Gasteiger partial charge >= 0.3 is 0 Å². The molecule has 3 rings (SSSR count). The van der Waals surface area contributed by atoms with Gasteiger partial charge in [0.1, 0.15) is 11.6 Å². The molecule has 134 valence electrons. The highest BCUT2D eigenvalue weighted by atomic mass is 35.5. The van der Waals surface area contributed by atoms with Gasteiger partial charge in [-0.25, -0.2) is 9.37 Å². The van der Waals surface area contributed by atoms with E-state index in [2.05, 4.69) is 10.3 Å². The SMILES string of the molecule is COc1cc(Cl)c(C)cc1-n1ccnc(NCc2ccc(F)cc2)c1=O. The Labute approximate surface area is 155 Å². The number of methoxy groups -OCH3 is 1. The van der Waals surface area contributed by atoms with Crippen molar-refractivity contribution in [2.75, 3.05) is 12.4 Å². The smallest absolute Gasteiger partial charge is 0.297 e. The van der Waals surface area contributed by atoms with E-state index in [1.165, 1.54) is 30.0 Å². The Bertz CT molecular complexity index is 987. The number of nitrogens with zero attached hydrogens (tertiary/aromatic N) is 2. The number of rotatable bonds is 5. The minimum atomic E-state index is -0.324. The molecular weight excluding hydrogens is 357 g/mol. The largest absolute Gasteiger partial charge is 0.495 e. The maximum Gasteiger partial charge on any atom is 0.297 e. The number of ether oxygens (including phenoxy) is 1. The molecule has 2 aromatic carbocycles. The molecule has 0 radical (unpaired) electrons. The van der Waals surface area contributed by atoms with Crippen LogP contribution in [-0.2, 0) is 6.54 Å². The molecule has 3 aromatic rings. The molecule has 7 heteroatoms. The maximum absolute atomic E-state index is 13.0. The molecule has 0 spiro atoms. The number of hydrogen-bond acceptors (Lipinski definition) is 4. The van der Waals surface area contributed by atoms with Crippen molar-refractivity contribution in [3.63, 3.8) is 0 Å². The average Bonchev–Trinajstić information content (AvgIpc) is 2.64. The summed E-state index contributed by atoms with van der Waals surface area (Å²) in [6.45, 7) is 2.20. The van der Waals surface area contributed by atoms with Crippen LogP contribution in [0, 0.1) is 12.7 Å². The molecule has 5 nitrogen and oxygen atoms in total. The minimum absolute atomic E-state index is 0.187. The Morgan fingerprint density at radius 2 is 2.00 bits per heavy atom. The van der Waals surface area contributed by atoms with Crippen molar-refractivity contribution in [1.82, 2.24) is 9.55 Å². The highest BCUT2D eigenvalue weighted by Gasteiger charge is 2.13. The molecule has 1 aromatic heterocycles. The van der Waals surface area contributed by atoms with E-state index in [9.17, 15) is 9.18 Å². The van der Waals surface area contributed by atoms with E-state index in [0.717, 1.165) is 11.1 Å². The van der Waals surface area contributed by atoms with Crippen molar-refractivity contribution in [2.45, 2.75) is 13.5 Å². The van der Waals surface area contributed by atoms with E-state index in [0.29, 0.717) is 23.0 Å². The summed E-state index contributed by atoms with van der Waals surface area (Å²) < 4.78 is 19.8. The van der Waals surface area contributed by atoms with E-state index >= 15 is 0 Å². The first-order chi connectivity index (χ1) is 12.5. The van der Waals surface area contributed by atoms with Crippen LogP contribution < -0.4 is 15.6 Å². The van der Waals surface area contributed by atoms with Crippen LogP contribution in [0.25, 0.3) is 5.69 Å². The molecule has 0 bridgehead atoms. The predicted molar refractivity (Wildman–Crippen MR) is 99.9 cm³/mol. The number of nitrogens with one attached hydrogen (secondary N) is 1. The summed E-state index contributed by atoms with van der Waals surface area (Å²) in [5.41, 5.74) is 1.91. The number of aryl methyl sites for hydroxylation is 1. The molecular formula is C19H17ClFN3O2. The summed E-state index contributed by atoms with van der Waals surface area (Å²) in [5.74, 6) is 0.365. The van der Waals surface area contributed by atoms with Crippen LogP contribution in [-0.4, -0.2) is 16.7 Å². The van der Waals surface area contributed by atoms with Gasteiger partial charge in [-0.3, -0.25) is 9.36 Å². The van der Waals surface area contributed by atoms with Gasteiger partial charge in [0, 0.05) is 30.0 Å². The lowest BCUT2D eigenvalue weighted by Crippen LogP contribution is -2.23. The van der Waals surface area contributed by atoms with Crippen LogP contribution in [0.1, 0.15) is 11.1 Å². The maximum atomic E-state index is 13.0. The lowest BCUT2D eigenvalue weighted by Gasteiger charge is -2.14. The standard InChI is InChI=1S/C19H17ClFN3O2/c1-12-9-16(17(26-2)10-15(12)20)24-8-7-22-18(19(24)25)23-11-13-3-5-14(21)6-4-13/h3-10H,11H2,1-2H3,(H,22,23). The quantitative estimate of drug-likeness (QED) is 0.735. The molecule has 0 amide bonds. The zero-order chi connectivity index (χ0) is 18.7.